The van der Waals surface area contributed by atoms with Gasteiger partial charge in [-0.25, -0.2) is 9.97 Å². The third-order valence-electron chi connectivity index (χ3n) is 3.49. The number of aromatic hydroxyl groups is 1. The maximum atomic E-state index is 12.2. The van der Waals surface area contributed by atoms with Gasteiger partial charge in [0.1, 0.15) is 5.75 Å². The van der Waals surface area contributed by atoms with Gasteiger partial charge >= 0.3 is 0 Å². The fraction of sp³-hybridized carbons (Fsp3) is 0.235. The zero-order valence-corrected chi connectivity index (χ0v) is 14.1. The first kappa shape index (κ1) is 16.2. The van der Waals surface area contributed by atoms with Crippen LogP contribution in [0.1, 0.15) is 23.0 Å². The van der Waals surface area contributed by atoms with Crippen molar-refractivity contribution in [3.8, 4) is 5.75 Å². The number of aromatic nitrogens is 2. The lowest BCUT2D eigenvalue weighted by Crippen LogP contribution is -2.24. The highest BCUT2D eigenvalue weighted by Gasteiger charge is 2.15. The highest BCUT2D eigenvalue weighted by molar-refractivity contribution is 7.17. The summed E-state index contributed by atoms with van der Waals surface area (Å²) >= 11 is 1.46. The smallest absolute Gasteiger partial charge is 0.271 e. The quantitative estimate of drug-likeness (QED) is 0.641. The van der Waals surface area contributed by atoms with Crippen LogP contribution in [-0.4, -0.2) is 34.1 Å². The number of rotatable bonds is 6. The average molecular weight is 342 g/mol. The topological polar surface area (TPSA) is 87.1 Å². The fourth-order valence-corrected chi connectivity index (χ4v) is 3.14. The molecule has 0 spiro atoms. The molecule has 2 aromatic heterocycles. The molecular weight excluding hydrogens is 324 g/mol. The molecule has 6 nitrogen and oxygen atoms in total. The minimum atomic E-state index is -0.186. The number of phenolic OH excluding ortho intramolecular Hbond substituents is 1. The van der Waals surface area contributed by atoms with Gasteiger partial charge in [0.2, 0.25) is 5.95 Å². The molecule has 0 unspecified atom stereocenters. The first-order valence-electron chi connectivity index (χ1n) is 7.72. The van der Waals surface area contributed by atoms with Crippen molar-refractivity contribution in [1.82, 2.24) is 15.3 Å². The number of anilines is 1. The monoisotopic (exact) mass is 342 g/mol. The van der Waals surface area contributed by atoms with E-state index < -0.39 is 0 Å². The van der Waals surface area contributed by atoms with Crippen LogP contribution in [0.25, 0.3) is 10.2 Å². The first-order chi connectivity index (χ1) is 11.7. The van der Waals surface area contributed by atoms with Gasteiger partial charge in [0.05, 0.1) is 10.2 Å². The first-order valence-corrected chi connectivity index (χ1v) is 8.60. The van der Waals surface area contributed by atoms with E-state index in [0.29, 0.717) is 24.7 Å². The zero-order chi connectivity index (χ0) is 16.9. The minimum absolute atomic E-state index is 0.186. The standard InChI is InChI=1S/C17H18N4O2S/c1-2-18-16(23)14-15-13(8-10-24-15)20-17(21-14)19-9-7-11-3-5-12(22)6-4-11/h3-6,8,10,22H,2,7,9H2,1H3,(H,18,23)(H,19,20,21). The van der Waals surface area contributed by atoms with Gasteiger partial charge in [-0.3, -0.25) is 4.79 Å². The molecule has 0 aliphatic heterocycles. The second-order valence-corrected chi connectivity index (χ2v) is 6.15. The van der Waals surface area contributed by atoms with Gasteiger partial charge < -0.3 is 15.7 Å². The Morgan fingerprint density at radius 3 is 2.75 bits per heavy atom. The Kier molecular flexibility index (Phi) is 4.90. The van der Waals surface area contributed by atoms with E-state index >= 15 is 0 Å². The van der Waals surface area contributed by atoms with Crippen LogP contribution in [0.15, 0.2) is 35.7 Å². The van der Waals surface area contributed by atoms with Crippen molar-refractivity contribution in [2.75, 3.05) is 18.4 Å². The van der Waals surface area contributed by atoms with Gasteiger partial charge in [0, 0.05) is 13.1 Å². The molecule has 0 aliphatic carbocycles. The molecule has 0 saturated heterocycles. The molecule has 0 bridgehead atoms. The van der Waals surface area contributed by atoms with Crippen LogP contribution in [-0.2, 0) is 6.42 Å². The van der Waals surface area contributed by atoms with E-state index in [2.05, 4.69) is 20.6 Å². The summed E-state index contributed by atoms with van der Waals surface area (Å²) in [7, 11) is 0. The van der Waals surface area contributed by atoms with Gasteiger partial charge in [0.15, 0.2) is 5.69 Å². The number of benzene rings is 1. The fourth-order valence-electron chi connectivity index (χ4n) is 2.32. The van der Waals surface area contributed by atoms with Crippen molar-refractivity contribution in [2.45, 2.75) is 13.3 Å². The number of nitrogens with zero attached hydrogens (tertiary/aromatic N) is 2. The third kappa shape index (κ3) is 3.62. The number of carbonyl (C=O) groups excluding carboxylic acids is 1. The van der Waals surface area contributed by atoms with Crippen LogP contribution < -0.4 is 10.6 Å². The Balaban J connectivity index is 1.74. The molecule has 3 rings (SSSR count). The largest absolute Gasteiger partial charge is 0.508 e. The highest BCUT2D eigenvalue weighted by Crippen LogP contribution is 2.23. The van der Waals surface area contributed by atoms with Gasteiger partial charge in [-0.15, -0.1) is 11.3 Å². The number of phenols is 1. The summed E-state index contributed by atoms with van der Waals surface area (Å²) in [5.41, 5.74) is 2.27. The number of amides is 1. The van der Waals surface area contributed by atoms with E-state index in [1.54, 1.807) is 12.1 Å². The zero-order valence-electron chi connectivity index (χ0n) is 13.2. The average Bonchev–Trinajstić information content (AvgIpc) is 3.04. The molecule has 124 valence electrons. The summed E-state index contributed by atoms with van der Waals surface area (Å²) in [5.74, 6) is 0.513. The van der Waals surface area contributed by atoms with Crippen LogP contribution >= 0.6 is 11.3 Å². The van der Waals surface area contributed by atoms with E-state index in [1.165, 1.54) is 11.3 Å². The Morgan fingerprint density at radius 2 is 2.00 bits per heavy atom. The van der Waals surface area contributed by atoms with Gasteiger partial charge in [-0.2, -0.15) is 0 Å². The molecule has 0 fully saturated rings. The minimum Gasteiger partial charge on any atom is -0.508 e. The van der Waals surface area contributed by atoms with E-state index in [4.69, 9.17) is 0 Å². The molecule has 0 saturated carbocycles. The number of nitrogens with one attached hydrogen (secondary N) is 2. The number of hydrogen-bond acceptors (Lipinski definition) is 6. The third-order valence-corrected chi connectivity index (χ3v) is 4.40. The van der Waals surface area contributed by atoms with Crippen molar-refractivity contribution >= 4 is 33.4 Å². The Morgan fingerprint density at radius 1 is 1.21 bits per heavy atom. The van der Waals surface area contributed by atoms with Crippen LogP contribution in [0.4, 0.5) is 5.95 Å². The van der Waals surface area contributed by atoms with Crippen molar-refractivity contribution < 1.29 is 9.90 Å². The molecule has 3 N–H and O–H groups in total. The lowest BCUT2D eigenvalue weighted by atomic mass is 10.1. The van der Waals surface area contributed by atoms with Crippen molar-refractivity contribution in [3.63, 3.8) is 0 Å². The lowest BCUT2D eigenvalue weighted by Gasteiger charge is -2.08. The number of thiophene rings is 1. The molecule has 2 heterocycles. The predicted octanol–water partition coefficient (Wildman–Crippen LogP) is 2.80. The van der Waals surface area contributed by atoms with Crippen LogP contribution in [0, 0.1) is 0 Å². The normalized spacial score (nSPS) is 10.7. The molecule has 7 heteroatoms. The molecule has 24 heavy (non-hydrogen) atoms. The molecule has 1 aromatic carbocycles. The van der Waals surface area contributed by atoms with Crippen molar-refractivity contribution in [2.24, 2.45) is 0 Å². The SMILES string of the molecule is CCNC(=O)c1nc(NCCc2ccc(O)cc2)nc2ccsc12. The lowest BCUT2D eigenvalue weighted by molar-refractivity contribution is 0.0953. The second kappa shape index (κ2) is 7.27. The van der Waals surface area contributed by atoms with Crippen LogP contribution in [0.5, 0.6) is 5.75 Å². The highest BCUT2D eigenvalue weighted by atomic mass is 32.1. The number of fused-ring (bicyclic) bond motifs is 1. The van der Waals surface area contributed by atoms with Crippen LogP contribution in [0.2, 0.25) is 0 Å². The molecular formula is C17H18N4O2S. The van der Waals surface area contributed by atoms with E-state index in [0.717, 1.165) is 22.2 Å². The molecule has 0 atom stereocenters. The second-order valence-electron chi connectivity index (χ2n) is 5.23. The Labute approximate surface area is 143 Å². The van der Waals surface area contributed by atoms with Crippen molar-refractivity contribution in [3.05, 3.63) is 47.0 Å². The summed E-state index contributed by atoms with van der Waals surface area (Å²) < 4.78 is 0.796. The van der Waals surface area contributed by atoms with E-state index in [1.807, 2.05) is 30.5 Å². The maximum absolute atomic E-state index is 12.2. The molecule has 0 radical (unpaired) electrons. The Hall–Kier alpha value is -2.67. The predicted molar refractivity (Wildman–Crippen MR) is 95.7 cm³/mol. The maximum Gasteiger partial charge on any atom is 0.271 e. The van der Waals surface area contributed by atoms with Gasteiger partial charge in [-0.1, -0.05) is 12.1 Å². The van der Waals surface area contributed by atoms with Gasteiger partial charge in [0.25, 0.3) is 5.91 Å². The summed E-state index contributed by atoms with van der Waals surface area (Å²) in [6.45, 7) is 3.07. The molecule has 1 amide bonds. The summed E-state index contributed by atoms with van der Waals surface area (Å²) in [5, 5.41) is 17.2. The van der Waals surface area contributed by atoms with Gasteiger partial charge in [-0.05, 0) is 42.5 Å². The molecule has 3 aromatic rings. The van der Waals surface area contributed by atoms with Crippen molar-refractivity contribution in [1.29, 1.82) is 0 Å². The van der Waals surface area contributed by atoms with Crippen LogP contribution in [0.3, 0.4) is 0 Å². The Bertz CT molecular complexity index is 845. The number of hydrogen-bond donors (Lipinski definition) is 3. The molecule has 0 aliphatic rings. The summed E-state index contributed by atoms with van der Waals surface area (Å²) in [6.07, 6.45) is 0.766. The number of carbonyl (C=O) groups is 1. The summed E-state index contributed by atoms with van der Waals surface area (Å²) in [4.78, 5) is 21.0. The summed E-state index contributed by atoms with van der Waals surface area (Å²) in [6, 6.07) is 8.96. The van der Waals surface area contributed by atoms with E-state index in [-0.39, 0.29) is 11.7 Å². The van der Waals surface area contributed by atoms with E-state index in [9.17, 15) is 9.90 Å².